The second-order valence-corrected chi connectivity index (χ2v) is 7.74. The fourth-order valence-electron chi connectivity index (χ4n) is 2.18. The Kier molecular flexibility index (Phi) is 7.02. The Hall–Kier alpha value is -0.560. The first-order valence-electron chi connectivity index (χ1n) is 6.64. The van der Waals surface area contributed by atoms with Crippen LogP contribution >= 0.6 is 11.8 Å². The van der Waals surface area contributed by atoms with Crippen molar-refractivity contribution in [2.45, 2.75) is 32.1 Å². The second kappa shape index (κ2) is 8.02. The van der Waals surface area contributed by atoms with Crippen LogP contribution in [0.5, 0.6) is 0 Å². The highest BCUT2D eigenvalue weighted by atomic mass is 32.2. The summed E-state index contributed by atoms with van der Waals surface area (Å²) in [5.74, 6) is 1.56. The highest BCUT2D eigenvalue weighted by Gasteiger charge is 2.19. The first kappa shape index (κ1) is 17.5. The van der Waals surface area contributed by atoms with E-state index in [0.29, 0.717) is 17.2 Å². The summed E-state index contributed by atoms with van der Waals surface area (Å²) in [6.07, 6.45) is 0.744. The average Bonchev–Trinajstić information content (AvgIpc) is 2.31. The van der Waals surface area contributed by atoms with Gasteiger partial charge in [0.25, 0.3) is 0 Å². The number of hydrogen-bond donors (Lipinski definition) is 2. The molecule has 0 saturated heterocycles. The van der Waals surface area contributed by atoms with Crippen LogP contribution in [-0.2, 0) is 10.0 Å². The number of nitrogens with one attached hydrogen (secondary N) is 1. The number of aliphatic hydroxyl groups excluding tert-OH is 1. The van der Waals surface area contributed by atoms with Crippen molar-refractivity contribution in [2.24, 2.45) is 0 Å². The lowest BCUT2D eigenvalue weighted by Crippen LogP contribution is -2.27. The van der Waals surface area contributed by atoms with E-state index < -0.39 is 10.0 Å². The number of aliphatic hydroxyl groups is 1. The van der Waals surface area contributed by atoms with Crippen LogP contribution in [-0.4, -0.2) is 38.2 Å². The molecule has 0 bridgehead atoms. The molecule has 2 N–H and O–H groups in total. The topological polar surface area (TPSA) is 66.4 Å². The van der Waals surface area contributed by atoms with Gasteiger partial charge in [-0.3, -0.25) is 0 Å². The molecule has 0 aliphatic carbocycles. The lowest BCUT2D eigenvalue weighted by atomic mass is 10.1. The van der Waals surface area contributed by atoms with Crippen molar-refractivity contribution >= 4 is 21.8 Å². The second-order valence-electron chi connectivity index (χ2n) is 4.82. The van der Waals surface area contributed by atoms with E-state index in [2.05, 4.69) is 4.72 Å². The van der Waals surface area contributed by atoms with E-state index in [1.54, 1.807) is 11.8 Å². The lowest BCUT2D eigenvalue weighted by Gasteiger charge is -2.13. The molecule has 114 valence electrons. The molecule has 0 fully saturated rings. The molecule has 0 heterocycles. The Morgan fingerprint density at radius 2 is 1.75 bits per heavy atom. The number of sulfonamides is 1. The van der Waals surface area contributed by atoms with Gasteiger partial charge in [0.2, 0.25) is 10.0 Å². The highest BCUT2D eigenvalue weighted by Crippen LogP contribution is 2.21. The van der Waals surface area contributed by atoms with Gasteiger partial charge in [-0.15, -0.1) is 0 Å². The Balaban J connectivity index is 2.66. The van der Waals surface area contributed by atoms with E-state index >= 15 is 0 Å². The lowest BCUT2D eigenvalue weighted by molar-refractivity contribution is 0.296. The van der Waals surface area contributed by atoms with Crippen molar-refractivity contribution in [1.29, 1.82) is 0 Å². The van der Waals surface area contributed by atoms with Gasteiger partial charge in [-0.05, 0) is 44.1 Å². The molecular formula is C14H23NO3S2. The molecule has 0 aromatic heterocycles. The third-order valence-electron chi connectivity index (χ3n) is 2.86. The molecule has 20 heavy (non-hydrogen) atoms. The predicted octanol–water partition coefficient (Wildman–Crippen LogP) is 2.01. The molecule has 0 amide bonds. The minimum Gasteiger partial charge on any atom is -0.396 e. The van der Waals surface area contributed by atoms with Crippen LogP contribution in [0.15, 0.2) is 17.0 Å². The number of benzene rings is 1. The van der Waals surface area contributed by atoms with Crippen LogP contribution in [0.2, 0.25) is 0 Å². The van der Waals surface area contributed by atoms with Gasteiger partial charge in [-0.2, -0.15) is 11.8 Å². The van der Waals surface area contributed by atoms with Crippen LogP contribution < -0.4 is 4.72 Å². The Morgan fingerprint density at radius 1 is 1.15 bits per heavy atom. The number of thioether (sulfide) groups is 1. The fraction of sp³-hybridized carbons (Fsp3) is 0.571. The molecule has 1 rings (SSSR count). The molecule has 0 spiro atoms. The summed E-state index contributed by atoms with van der Waals surface area (Å²) in [6.45, 7) is 6.20. The maximum Gasteiger partial charge on any atom is 0.241 e. The van der Waals surface area contributed by atoms with E-state index in [0.717, 1.165) is 28.9 Å². The largest absolute Gasteiger partial charge is 0.396 e. The zero-order valence-electron chi connectivity index (χ0n) is 12.3. The first-order chi connectivity index (χ1) is 9.38. The highest BCUT2D eigenvalue weighted by molar-refractivity contribution is 7.99. The maximum atomic E-state index is 12.3. The smallest absolute Gasteiger partial charge is 0.241 e. The van der Waals surface area contributed by atoms with Gasteiger partial charge in [0.15, 0.2) is 0 Å². The van der Waals surface area contributed by atoms with Gasteiger partial charge >= 0.3 is 0 Å². The monoisotopic (exact) mass is 317 g/mol. The van der Waals surface area contributed by atoms with Gasteiger partial charge in [0, 0.05) is 18.9 Å². The third-order valence-corrected chi connectivity index (χ3v) is 5.69. The molecule has 1 aromatic rings. The molecule has 1 aromatic carbocycles. The van der Waals surface area contributed by atoms with Gasteiger partial charge in [0.05, 0.1) is 4.90 Å². The minimum atomic E-state index is -3.44. The van der Waals surface area contributed by atoms with E-state index in [1.165, 1.54) is 0 Å². The average molecular weight is 317 g/mol. The molecule has 0 atom stereocenters. The molecule has 0 saturated carbocycles. The zero-order chi connectivity index (χ0) is 15.2. The summed E-state index contributed by atoms with van der Waals surface area (Å²) in [6, 6.07) is 3.77. The van der Waals surface area contributed by atoms with E-state index in [9.17, 15) is 8.42 Å². The minimum absolute atomic E-state index is 0.181. The summed E-state index contributed by atoms with van der Waals surface area (Å²) >= 11 is 1.64. The van der Waals surface area contributed by atoms with Crippen LogP contribution in [0.3, 0.4) is 0 Å². The first-order valence-corrected chi connectivity index (χ1v) is 9.28. The molecule has 0 unspecified atom stereocenters. The number of rotatable bonds is 8. The van der Waals surface area contributed by atoms with Gasteiger partial charge < -0.3 is 5.11 Å². The summed E-state index contributed by atoms with van der Waals surface area (Å²) in [5, 5.41) is 8.66. The zero-order valence-corrected chi connectivity index (χ0v) is 13.9. The van der Waals surface area contributed by atoms with Gasteiger partial charge in [0.1, 0.15) is 0 Å². The quantitative estimate of drug-likeness (QED) is 0.720. The Morgan fingerprint density at radius 3 is 2.30 bits per heavy atom. The van der Waals surface area contributed by atoms with Crippen molar-refractivity contribution in [1.82, 2.24) is 4.72 Å². The molecular weight excluding hydrogens is 294 g/mol. The van der Waals surface area contributed by atoms with Gasteiger partial charge in [-0.1, -0.05) is 17.7 Å². The van der Waals surface area contributed by atoms with E-state index in [-0.39, 0.29) is 6.61 Å². The van der Waals surface area contributed by atoms with Crippen LogP contribution in [0, 0.1) is 20.8 Å². The summed E-state index contributed by atoms with van der Waals surface area (Å²) < 4.78 is 27.3. The SMILES string of the molecule is Cc1cc(C)c(S(=O)(=O)NCCSCCCO)c(C)c1. The summed E-state index contributed by atoms with van der Waals surface area (Å²) in [5.41, 5.74) is 2.63. The standard InChI is InChI=1S/C14H23NO3S2/c1-11-9-12(2)14(13(3)10-11)20(17,18)15-5-8-19-7-4-6-16/h9-10,15-16H,4-8H2,1-3H3. The molecule has 0 aliphatic rings. The third kappa shape index (κ3) is 5.09. The summed E-state index contributed by atoms with van der Waals surface area (Å²) in [4.78, 5) is 0.392. The number of aryl methyl sites for hydroxylation is 3. The molecule has 6 heteroatoms. The van der Waals surface area contributed by atoms with E-state index in [4.69, 9.17) is 5.11 Å². The molecule has 0 aliphatic heterocycles. The molecule has 4 nitrogen and oxygen atoms in total. The van der Waals surface area contributed by atoms with Gasteiger partial charge in [-0.25, -0.2) is 13.1 Å². The van der Waals surface area contributed by atoms with Crippen molar-refractivity contribution in [3.63, 3.8) is 0 Å². The van der Waals surface area contributed by atoms with Crippen LogP contribution in [0.4, 0.5) is 0 Å². The van der Waals surface area contributed by atoms with Crippen LogP contribution in [0.1, 0.15) is 23.1 Å². The van der Waals surface area contributed by atoms with Crippen molar-refractivity contribution in [2.75, 3.05) is 24.7 Å². The van der Waals surface area contributed by atoms with Crippen LogP contribution in [0.25, 0.3) is 0 Å². The predicted molar refractivity (Wildman–Crippen MR) is 84.9 cm³/mol. The fourth-order valence-corrected chi connectivity index (χ4v) is 4.57. The van der Waals surface area contributed by atoms with Crippen molar-refractivity contribution in [3.8, 4) is 0 Å². The molecule has 0 radical (unpaired) electrons. The summed E-state index contributed by atoms with van der Waals surface area (Å²) in [7, 11) is -3.44. The van der Waals surface area contributed by atoms with E-state index in [1.807, 2.05) is 32.9 Å². The van der Waals surface area contributed by atoms with Crippen molar-refractivity contribution in [3.05, 3.63) is 28.8 Å². The Bertz CT molecular complexity index is 518. The Labute approximate surface area is 126 Å². The van der Waals surface area contributed by atoms with Crippen molar-refractivity contribution < 1.29 is 13.5 Å². The normalized spacial score (nSPS) is 11.8. The maximum absolute atomic E-state index is 12.3. The number of hydrogen-bond acceptors (Lipinski definition) is 4.